The SMILES string of the molecule is O=C(COC(=O)Cc1cccc(C(F)(F)F)c1)NNC(=O)c1ccccc1. The van der Waals surface area contributed by atoms with Gasteiger partial charge in [-0.2, -0.15) is 13.2 Å². The number of benzene rings is 2. The third kappa shape index (κ3) is 6.46. The molecule has 9 heteroatoms. The van der Waals surface area contributed by atoms with Crippen molar-refractivity contribution in [2.24, 2.45) is 0 Å². The molecule has 2 aromatic carbocycles. The first-order chi connectivity index (χ1) is 12.8. The highest BCUT2D eigenvalue weighted by Gasteiger charge is 2.30. The van der Waals surface area contributed by atoms with Gasteiger partial charge in [0.05, 0.1) is 12.0 Å². The summed E-state index contributed by atoms with van der Waals surface area (Å²) in [6.45, 7) is -0.688. The molecular formula is C18H15F3N2O4. The van der Waals surface area contributed by atoms with Gasteiger partial charge in [-0.1, -0.05) is 36.4 Å². The maximum absolute atomic E-state index is 12.6. The number of hydrogen-bond acceptors (Lipinski definition) is 4. The largest absolute Gasteiger partial charge is 0.455 e. The fraction of sp³-hybridized carbons (Fsp3) is 0.167. The average molecular weight is 380 g/mol. The monoisotopic (exact) mass is 380 g/mol. The van der Waals surface area contributed by atoms with Crippen molar-refractivity contribution in [2.45, 2.75) is 12.6 Å². The summed E-state index contributed by atoms with van der Waals surface area (Å²) in [5, 5.41) is 0. The lowest BCUT2D eigenvalue weighted by molar-refractivity contribution is -0.148. The molecule has 0 saturated heterocycles. The molecule has 2 rings (SSSR count). The van der Waals surface area contributed by atoms with Crippen LogP contribution in [0.1, 0.15) is 21.5 Å². The Hall–Kier alpha value is -3.36. The van der Waals surface area contributed by atoms with E-state index in [-0.39, 0.29) is 5.56 Å². The number of alkyl halides is 3. The molecule has 0 spiro atoms. The molecule has 2 amide bonds. The van der Waals surface area contributed by atoms with Gasteiger partial charge < -0.3 is 4.74 Å². The third-order valence-corrected chi connectivity index (χ3v) is 3.32. The van der Waals surface area contributed by atoms with Crippen molar-refractivity contribution >= 4 is 17.8 Å². The van der Waals surface area contributed by atoms with Crippen molar-refractivity contribution in [3.05, 3.63) is 71.3 Å². The van der Waals surface area contributed by atoms with Crippen LogP contribution < -0.4 is 10.9 Å². The van der Waals surface area contributed by atoms with Crippen LogP contribution in [-0.2, 0) is 26.9 Å². The fourth-order valence-electron chi connectivity index (χ4n) is 2.05. The van der Waals surface area contributed by atoms with E-state index in [1.165, 1.54) is 24.3 Å². The first kappa shape index (κ1) is 20.0. The Morgan fingerprint density at radius 3 is 2.30 bits per heavy atom. The molecule has 0 fully saturated rings. The van der Waals surface area contributed by atoms with Crippen LogP contribution in [0, 0.1) is 0 Å². The van der Waals surface area contributed by atoms with Gasteiger partial charge in [0.2, 0.25) is 0 Å². The van der Waals surface area contributed by atoms with Crippen LogP contribution in [-0.4, -0.2) is 24.4 Å². The van der Waals surface area contributed by atoms with E-state index >= 15 is 0 Å². The van der Waals surface area contributed by atoms with Gasteiger partial charge in [-0.25, -0.2) is 0 Å². The van der Waals surface area contributed by atoms with E-state index in [4.69, 9.17) is 0 Å². The number of carbonyl (C=O) groups is 3. The highest BCUT2D eigenvalue weighted by molar-refractivity contribution is 5.95. The Balaban J connectivity index is 1.77. The first-order valence-corrected chi connectivity index (χ1v) is 7.71. The van der Waals surface area contributed by atoms with Gasteiger partial charge in [0.15, 0.2) is 6.61 Å². The van der Waals surface area contributed by atoms with Crippen molar-refractivity contribution in [3.8, 4) is 0 Å². The second kappa shape index (κ2) is 8.84. The normalized spacial score (nSPS) is 10.8. The van der Waals surface area contributed by atoms with Crippen molar-refractivity contribution in [3.63, 3.8) is 0 Å². The molecule has 0 aliphatic rings. The van der Waals surface area contributed by atoms with Gasteiger partial charge in [-0.05, 0) is 23.8 Å². The van der Waals surface area contributed by atoms with E-state index in [1.807, 2.05) is 0 Å². The van der Waals surface area contributed by atoms with Crippen LogP contribution in [0.4, 0.5) is 13.2 Å². The number of amides is 2. The van der Waals surface area contributed by atoms with Crippen molar-refractivity contribution in [1.82, 2.24) is 10.9 Å². The van der Waals surface area contributed by atoms with Gasteiger partial charge in [-0.15, -0.1) is 0 Å². The summed E-state index contributed by atoms with van der Waals surface area (Å²) in [5.41, 5.74) is 3.75. The number of nitrogens with one attached hydrogen (secondary N) is 2. The summed E-state index contributed by atoms with van der Waals surface area (Å²) in [5.74, 6) is -2.23. The molecular weight excluding hydrogens is 365 g/mol. The minimum absolute atomic E-state index is 0.104. The van der Waals surface area contributed by atoms with Crippen molar-refractivity contribution in [1.29, 1.82) is 0 Å². The van der Waals surface area contributed by atoms with E-state index in [1.54, 1.807) is 18.2 Å². The van der Waals surface area contributed by atoms with Crippen LogP contribution in [0.2, 0.25) is 0 Å². The molecule has 0 bridgehead atoms. The number of hydrazine groups is 1. The zero-order chi connectivity index (χ0) is 19.9. The Kier molecular flexibility index (Phi) is 6.53. The van der Waals surface area contributed by atoms with E-state index in [0.717, 1.165) is 12.1 Å². The fourth-order valence-corrected chi connectivity index (χ4v) is 2.05. The molecule has 0 unspecified atom stereocenters. The number of rotatable bonds is 5. The molecule has 142 valence electrons. The molecule has 27 heavy (non-hydrogen) atoms. The average Bonchev–Trinajstić information content (AvgIpc) is 2.64. The second-order valence-corrected chi connectivity index (χ2v) is 5.40. The Labute approximate surface area is 152 Å². The second-order valence-electron chi connectivity index (χ2n) is 5.40. The summed E-state index contributed by atoms with van der Waals surface area (Å²) < 4.78 is 42.6. The minimum atomic E-state index is -4.52. The molecule has 0 saturated carbocycles. The smallest absolute Gasteiger partial charge is 0.416 e. The number of hydrogen-bond donors (Lipinski definition) is 2. The van der Waals surface area contributed by atoms with Crippen LogP contribution >= 0.6 is 0 Å². The van der Waals surface area contributed by atoms with Gasteiger partial charge in [0.25, 0.3) is 11.8 Å². The number of ether oxygens (including phenoxy) is 1. The molecule has 0 radical (unpaired) electrons. The lowest BCUT2D eigenvalue weighted by atomic mass is 10.1. The lowest BCUT2D eigenvalue weighted by Crippen LogP contribution is -2.43. The third-order valence-electron chi connectivity index (χ3n) is 3.32. The van der Waals surface area contributed by atoms with E-state index in [2.05, 4.69) is 15.6 Å². The van der Waals surface area contributed by atoms with Crippen LogP contribution in [0.5, 0.6) is 0 Å². The van der Waals surface area contributed by atoms with Gasteiger partial charge in [-0.3, -0.25) is 25.2 Å². The standard InChI is InChI=1S/C18H15F3N2O4/c19-18(20,21)14-8-4-5-12(9-14)10-16(25)27-11-15(24)22-23-17(26)13-6-2-1-3-7-13/h1-9H,10-11H2,(H,22,24)(H,23,26). The topological polar surface area (TPSA) is 84.5 Å². The van der Waals surface area contributed by atoms with Crippen LogP contribution in [0.15, 0.2) is 54.6 Å². The highest BCUT2D eigenvalue weighted by Crippen LogP contribution is 2.29. The molecule has 2 aromatic rings. The quantitative estimate of drug-likeness (QED) is 0.616. The maximum Gasteiger partial charge on any atom is 0.416 e. The molecule has 0 aliphatic heterocycles. The Morgan fingerprint density at radius 1 is 0.926 bits per heavy atom. The summed E-state index contributed by atoms with van der Waals surface area (Å²) in [6, 6.07) is 12.3. The van der Waals surface area contributed by atoms with E-state index < -0.39 is 42.6 Å². The van der Waals surface area contributed by atoms with E-state index in [9.17, 15) is 27.6 Å². The highest BCUT2D eigenvalue weighted by atomic mass is 19.4. The summed E-state index contributed by atoms with van der Waals surface area (Å²) in [4.78, 5) is 35.0. The molecule has 6 nitrogen and oxygen atoms in total. The van der Waals surface area contributed by atoms with Gasteiger partial charge in [0, 0.05) is 5.56 Å². The van der Waals surface area contributed by atoms with Crippen LogP contribution in [0.3, 0.4) is 0 Å². The first-order valence-electron chi connectivity index (χ1n) is 7.71. The summed E-state index contributed by atoms with van der Waals surface area (Å²) in [7, 11) is 0. The van der Waals surface area contributed by atoms with Crippen LogP contribution in [0.25, 0.3) is 0 Å². The predicted octanol–water partition coefficient (Wildman–Crippen LogP) is 2.25. The molecule has 0 aromatic heterocycles. The molecule has 0 heterocycles. The Morgan fingerprint density at radius 2 is 1.63 bits per heavy atom. The summed E-state index contributed by atoms with van der Waals surface area (Å²) in [6.07, 6.45) is -4.94. The van der Waals surface area contributed by atoms with Gasteiger partial charge >= 0.3 is 12.1 Å². The predicted molar refractivity (Wildman–Crippen MR) is 88.2 cm³/mol. The zero-order valence-corrected chi connectivity index (χ0v) is 13.9. The number of esters is 1. The summed E-state index contributed by atoms with van der Waals surface area (Å²) >= 11 is 0. The number of halogens is 3. The maximum atomic E-state index is 12.6. The lowest BCUT2D eigenvalue weighted by Gasteiger charge is -2.09. The van der Waals surface area contributed by atoms with E-state index in [0.29, 0.717) is 5.56 Å². The molecule has 0 atom stereocenters. The minimum Gasteiger partial charge on any atom is -0.455 e. The number of carbonyl (C=O) groups excluding carboxylic acids is 3. The zero-order valence-electron chi connectivity index (χ0n) is 13.9. The Bertz CT molecular complexity index is 823. The molecule has 2 N–H and O–H groups in total. The van der Waals surface area contributed by atoms with Gasteiger partial charge in [0.1, 0.15) is 0 Å². The van der Waals surface area contributed by atoms with Crippen molar-refractivity contribution in [2.75, 3.05) is 6.61 Å². The molecule has 0 aliphatic carbocycles. The van der Waals surface area contributed by atoms with Crippen molar-refractivity contribution < 1.29 is 32.3 Å².